The lowest BCUT2D eigenvalue weighted by molar-refractivity contribution is -0.147. The molecule has 0 saturated heterocycles. The molecule has 0 unspecified atom stereocenters. The average Bonchev–Trinajstić information content (AvgIpc) is 2.75. The second-order valence-electron chi connectivity index (χ2n) is 6.17. The minimum Gasteiger partial charge on any atom is -0.370 e. The number of halogens is 1. The van der Waals surface area contributed by atoms with E-state index in [2.05, 4.69) is 13.8 Å². The van der Waals surface area contributed by atoms with Gasteiger partial charge in [0.2, 0.25) is 0 Å². The number of Topliss-reactive ketones (excluding diaryl/α,β-unsaturated/α-hetero) is 1. The van der Waals surface area contributed by atoms with Crippen molar-refractivity contribution >= 4 is 28.7 Å². The molecule has 19 heavy (non-hydrogen) atoms. The second-order valence-corrected chi connectivity index (χ2v) is 7.97. The molecule has 0 N–H and O–H groups in total. The van der Waals surface area contributed by atoms with Crippen LogP contribution in [0.5, 0.6) is 0 Å². The lowest BCUT2D eigenvalue weighted by Crippen LogP contribution is -2.46. The van der Waals surface area contributed by atoms with Crippen LogP contribution in [0.2, 0.25) is 4.34 Å². The fourth-order valence-corrected chi connectivity index (χ4v) is 3.78. The fraction of sp³-hybridized carbons (Fsp3) is 0.667. The maximum absolute atomic E-state index is 12.6. The summed E-state index contributed by atoms with van der Waals surface area (Å²) in [4.78, 5) is 13.6. The number of thiophene rings is 1. The van der Waals surface area contributed by atoms with Gasteiger partial charge in [0, 0.05) is 18.4 Å². The Morgan fingerprint density at radius 3 is 2.42 bits per heavy atom. The Labute approximate surface area is 124 Å². The van der Waals surface area contributed by atoms with Crippen molar-refractivity contribution < 1.29 is 9.53 Å². The zero-order valence-corrected chi connectivity index (χ0v) is 13.4. The van der Waals surface area contributed by atoms with Crippen molar-refractivity contribution in [2.24, 2.45) is 5.41 Å². The molecule has 1 aliphatic rings. The SMILES string of the molecule is COC1(C(=O)Cc2ccc(Cl)s2)CCC(C)(C)CC1. The first kappa shape index (κ1) is 15.0. The number of carbonyl (C=O) groups excluding carboxylic acids is 1. The van der Waals surface area contributed by atoms with Crippen molar-refractivity contribution in [3.63, 3.8) is 0 Å². The van der Waals surface area contributed by atoms with Crippen molar-refractivity contribution in [2.45, 2.75) is 51.6 Å². The number of rotatable bonds is 4. The van der Waals surface area contributed by atoms with E-state index in [1.807, 2.05) is 12.1 Å². The van der Waals surface area contributed by atoms with Crippen LogP contribution >= 0.6 is 22.9 Å². The van der Waals surface area contributed by atoms with Gasteiger partial charge in [-0.2, -0.15) is 0 Å². The predicted octanol–water partition coefficient (Wildman–Crippen LogP) is 4.50. The van der Waals surface area contributed by atoms with Crippen molar-refractivity contribution in [3.8, 4) is 0 Å². The van der Waals surface area contributed by atoms with Crippen molar-refractivity contribution in [1.82, 2.24) is 0 Å². The average molecular weight is 301 g/mol. The highest BCUT2D eigenvalue weighted by Gasteiger charge is 2.43. The first-order chi connectivity index (χ1) is 8.87. The molecule has 0 spiro atoms. The second kappa shape index (κ2) is 5.55. The predicted molar refractivity (Wildman–Crippen MR) is 80.0 cm³/mol. The summed E-state index contributed by atoms with van der Waals surface area (Å²) in [5, 5.41) is 0. The third-order valence-electron chi connectivity index (χ3n) is 4.27. The van der Waals surface area contributed by atoms with Crippen LogP contribution in [0.4, 0.5) is 0 Å². The summed E-state index contributed by atoms with van der Waals surface area (Å²) in [5.41, 5.74) is -0.249. The van der Waals surface area contributed by atoms with E-state index >= 15 is 0 Å². The van der Waals surface area contributed by atoms with Gasteiger partial charge in [0.25, 0.3) is 0 Å². The fourth-order valence-electron chi connectivity index (χ4n) is 2.69. The van der Waals surface area contributed by atoms with E-state index in [9.17, 15) is 4.79 Å². The van der Waals surface area contributed by atoms with Crippen molar-refractivity contribution in [1.29, 1.82) is 0 Å². The molecule has 0 bridgehead atoms. The summed E-state index contributed by atoms with van der Waals surface area (Å²) in [5.74, 6) is 0.198. The van der Waals surface area contributed by atoms with E-state index in [-0.39, 0.29) is 5.78 Å². The van der Waals surface area contributed by atoms with Crippen LogP contribution in [-0.4, -0.2) is 18.5 Å². The molecule has 0 amide bonds. The monoisotopic (exact) mass is 300 g/mol. The van der Waals surface area contributed by atoms with Gasteiger partial charge in [0.1, 0.15) is 5.60 Å². The van der Waals surface area contributed by atoms with Gasteiger partial charge < -0.3 is 4.74 Å². The Bertz CT molecular complexity index is 454. The van der Waals surface area contributed by atoms with E-state index in [1.165, 1.54) is 11.3 Å². The Morgan fingerprint density at radius 1 is 1.32 bits per heavy atom. The minimum absolute atomic E-state index is 0.198. The molecule has 0 aromatic carbocycles. The van der Waals surface area contributed by atoms with Crippen LogP contribution in [-0.2, 0) is 16.0 Å². The molecule has 0 aliphatic heterocycles. The van der Waals surface area contributed by atoms with Gasteiger partial charge in [-0.25, -0.2) is 0 Å². The zero-order valence-electron chi connectivity index (χ0n) is 11.8. The third kappa shape index (κ3) is 3.39. The summed E-state index contributed by atoms with van der Waals surface area (Å²) in [6.07, 6.45) is 4.17. The van der Waals surface area contributed by atoms with Crippen LogP contribution in [0.25, 0.3) is 0 Å². The van der Waals surface area contributed by atoms with Gasteiger partial charge in [0.15, 0.2) is 5.78 Å². The first-order valence-corrected chi connectivity index (χ1v) is 7.89. The highest BCUT2D eigenvalue weighted by molar-refractivity contribution is 7.16. The topological polar surface area (TPSA) is 26.3 Å². The lowest BCUT2D eigenvalue weighted by Gasteiger charge is -2.41. The first-order valence-electron chi connectivity index (χ1n) is 6.70. The Morgan fingerprint density at radius 2 is 1.95 bits per heavy atom. The van der Waals surface area contributed by atoms with Gasteiger partial charge in [-0.3, -0.25) is 4.79 Å². The van der Waals surface area contributed by atoms with E-state index in [4.69, 9.17) is 16.3 Å². The van der Waals surface area contributed by atoms with Crippen molar-refractivity contribution in [2.75, 3.05) is 7.11 Å². The highest BCUT2D eigenvalue weighted by atomic mass is 35.5. The molecule has 1 aromatic heterocycles. The lowest BCUT2D eigenvalue weighted by atomic mass is 9.69. The van der Waals surface area contributed by atoms with E-state index in [0.29, 0.717) is 11.8 Å². The number of methoxy groups -OCH3 is 1. The molecular formula is C15H21ClO2S. The normalized spacial score (nSPS) is 21.3. The smallest absolute Gasteiger partial charge is 0.169 e. The molecule has 4 heteroatoms. The highest BCUT2D eigenvalue weighted by Crippen LogP contribution is 2.42. The third-order valence-corrected chi connectivity index (χ3v) is 5.50. The molecular weight excluding hydrogens is 280 g/mol. The van der Waals surface area contributed by atoms with Crippen molar-refractivity contribution in [3.05, 3.63) is 21.3 Å². The van der Waals surface area contributed by atoms with Gasteiger partial charge in [-0.15, -0.1) is 11.3 Å². The van der Waals surface area contributed by atoms with Gasteiger partial charge in [-0.1, -0.05) is 25.4 Å². The molecule has 1 heterocycles. The summed E-state index contributed by atoms with van der Waals surface area (Å²) in [6, 6.07) is 3.78. The Hall–Kier alpha value is -0.380. The van der Waals surface area contributed by atoms with Gasteiger partial charge in [-0.05, 0) is 43.2 Å². The van der Waals surface area contributed by atoms with E-state index < -0.39 is 5.60 Å². The summed E-state index contributed by atoms with van der Waals surface area (Å²) < 4.78 is 6.37. The number of hydrogen-bond acceptors (Lipinski definition) is 3. The molecule has 1 fully saturated rings. The number of hydrogen-bond donors (Lipinski definition) is 0. The molecule has 1 aliphatic carbocycles. The summed E-state index contributed by atoms with van der Waals surface area (Å²) in [6.45, 7) is 4.52. The van der Waals surface area contributed by atoms with Gasteiger partial charge >= 0.3 is 0 Å². The van der Waals surface area contributed by atoms with Crippen LogP contribution in [0.15, 0.2) is 12.1 Å². The van der Waals surface area contributed by atoms with Crippen LogP contribution in [0.3, 0.4) is 0 Å². The molecule has 106 valence electrons. The molecule has 0 radical (unpaired) electrons. The summed E-state index contributed by atoms with van der Waals surface area (Å²) >= 11 is 7.39. The molecule has 0 atom stereocenters. The quantitative estimate of drug-likeness (QED) is 0.818. The number of ketones is 1. The zero-order chi connectivity index (χ0) is 14.1. The van der Waals surface area contributed by atoms with E-state index in [0.717, 1.165) is 34.9 Å². The number of carbonyl (C=O) groups is 1. The van der Waals surface area contributed by atoms with Crippen LogP contribution in [0, 0.1) is 5.41 Å². The molecule has 2 rings (SSSR count). The van der Waals surface area contributed by atoms with Crippen LogP contribution < -0.4 is 0 Å². The molecule has 1 saturated carbocycles. The summed E-state index contributed by atoms with van der Waals surface area (Å²) in [7, 11) is 1.66. The number of ether oxygens (including phenoxy) is 1. The maximum atomic E-state index is 12.6. The molecule has 1 aromatic rings. The maximum Gasteiger partial charge on any atom is 0.169 e. The van der Waals surface area contributed by atoms with Crippen LogP contribution in [0.1, 0.15) is 44.4 Å². The van der Waals surface area contributed by atoms with E-state index in [1.54, 1.807) is 7.11 Å². The molecule has 2 nitrogen and oxygen atoms in total. The largest absolute Gasteiger partial charge is 0.370 e. The standard InChI is InChI=1S/C15H21ClO2S/c1-14(2)6-8-15(18-3,9-7-14)12(17)10-11-4-5-13(16)19-11/h4-5H,6-10H2,1-3H3. The minimum atomic E-state index is -0.577. The van der Waals surface area contributed by atoms with Gasteiger partial charge in [0.05, 0.1) is 4.34 Å². The Kier molecular flexibility index (Phi) is 4.38. The Balaban J connectivity index is 2.07.